The van der Waals surface area contributed by atoms with E-state index in [0.717, 1.165) is 12.0 Å². The third-order valence-electron chi connectivity index (χ3n) is 4.15. The fourth-order valence-corrected chi connectivity index (χ4v) is 4.92. The number of rotatable bonds is 5. The van der Waals surface area contributed by atoms with Crippen LogP contribution in [-0.4, -0.2) is 24.7 Å². The lowest BCUT2D eigenvalue weighted by atomic mass is 10.2. The molecule has 0 aromatic heterocycles. The van der Waals surface area contributed by atoms with E-state index < -0.39 is 10.0 Å². The van der Waals surface area contributed by atoms with Gasteiger partial charge in [-0.3, -0.25) is 9.69 Å². The molecule has 136 valence electrons. The van der Waals surface area contributed by atoms with Gasteiger partial charge in [0.05, 0.1) is 15.8 Å². The molecule has 1 aliphatic rings. The van der Waals surface area contributed by atoms with E-state index in [0.29, 0.717) is 12.1 Å². The molecule has 7 heteroatoms. The van der Waals surface area contributed by atoms with E-state index in [1.807, 2.05) is 32.0 Å². The largest absolute Gasteiger partial charge is 0.284 e. The lowest BCUT2D eigenvalue weighted by molar-refractivity contribution is -0.116. The van der Waals surface area contributed by atoms with Crippen LogP contribution in [0.25, 0.3) is 0 Å². The van der Waals surface area contributed by atoms with Gasteiger partial charge in [0.2, 0.25) is 5.91 Å². The number of hydrogen-bond donors (Lipinski definition) is 0. The summed E-state index contributed by atoms with van der Waals surface area (Å²) in [4.78, 5) is 14.2. The first-order valence-electron chi connectivity index (χ1n) is 8.46. The Balaban J connectivity index is 2.02. The highest BCUT2D eigenvalue weighted by atomic mass is 32.2. The first kappa shape index (κ1) is 18.7. The zero-order valence-corrected chi connectivity index (χ0v) is 16.3. The first-order valence-corrected chi connectivity index (χ1v) is 10.8. The number of carbonyl (C=O) groups is 1. The minimum atomic E-state index is -3.89. The van der Waals surface area contributed by atoms with E-state index in [4.69, 9.17) is 0 Å². The molecule has 2 aromatic rings. The van der Waals surface area contributed by atoms with E-state index in [9.17, 15) is 13.2 Å². The zero-order valence-electron chi connectivity index (χ0n) is 14.6. The Labute approximate surface area is 158 Å². The van der Waals surface area contributed by atoms with Gasteiger partial charge in [-0.25, -0.2) is 0 Å². The molecule has 0 saturated carbocycles. The van der Waals surface area contributed by atoms with Crippen LogP contribution in [0, 0.1) is 0 Å². The van der Waals surface area contributed by atoms with Crippen LogP contribution in [-0.2, 0) is 21.2 Å². The monoisotopic (exact) mass is 388 g/mol. The molecule has 2 aromatic carbocycles. The molecule has 1 saturated heterocycles. The van der Waals surface area contributed by atoms with Crippen molar-refractivity contribution in [1.29, 1.82) is 0 Å². The zero-order chi connectivity index (χ0) is 18.7. The molecule has 0 radical (unpaired) electrons. The summed E-state index contributed by atoms with van der Waals surface area (Å²) in [6.07, 6.45) is 1.44. The molecule has 1 atom stereocenters. The summed E-state index contributed by atoms with van der Waals surface area (Å²) in [5.74, 6) is -0.140. The summed E-state index contributed by atoms with van der Waals surface area (Å²) in [5.41, 5.74) is 1.68. The highest BCUT2D eigenvalue weighted by molar-refractivity contribution is 8.16. The average molecular weight is 389 g/mol. The predicted octanol–water partition coefficient (Wildman–Crippen LogP) is 3.85. The summed E-state index contributed by atoms with van der Waals surface area (Å²) in [6.45, 7) is 3.91. The summed E-state index contributed by atoms with van der Waals surface area (Å²) >= 11 is 1.20. The molecule has 0 aliphatic carbocycles. The molecule has 1 aliphatic heterocycles. The number of nitrogens with zero attached hydrogens (tertiary/aromatic N) is 2. The average Bonchev–Trinajstić information content (AvgIpc) is 2.97. The Kier molecular flexibility index (Phi) is 5.48. The van der Waals surface area contributed by atoms with Gasteiger partial charge in [-0.15, -0.1) is 4.40 Å². The minimum Gasteiger partial charge on any atom is -0.273 e. The standard InChI is InChI=1S/C19H20N2O3S2/c1-3-14-10-12-16(13-11-14)26(23,24)20-19-21(15-8-6-5-7-9-15)18(22)17(4-2)25-19/h5-13,17H,3-4H2,1-2H3/t17-/m1/s1. The van der Waals surface area contributed by atoms with Crippen molar-refractivity contribution in [3.63, 3.8) is 0 Å². The molecule has 3 rings (SSSR count). The van der Waals surface area contributed by atoms with Crippen molar-refractivity contribution in [1.82, 2.24) is 0 Å². The quantitative estimate of drug-likeness (QED) is 0.780. The Bertz CT molecular complexity index is 923. The van der Waals surface area contributed by atoms with Gasteiger partial charge in [-0.2, -0.15) is 8.42 Å². The van der Waals surface area contributed by atoms with Crippen LogP contribution in [0.2, 0.25) is 0 Å². The molecule has 1 amide bonds. The van der Waals surface area contributed by atoms with Crippen LogP contribution < -0.4 is 4.90 Å². The van der Waals surface area contributed by atoms with Gasteiger partial charge in [0, 0.05) is 0 Å². The van der Waals surface area contributed by atoms with Crippen molar-refractivity contribution in [2.24, 2.45) is 4.40 Å². The van der Waals surface area contributed by atoms with Gasteiger partial charge in [-0.05, 0) is 42.7 Å². The Morgan fingerprint density at radius 3 is 2.27 bits per heavy atom. The van der Waals surface area contributed by atoms with Gasteiger partial charge < -0.3 is 0 Å². The number of thioether (sulfide) groups is 1. The molecule has 0 N–H and O–H groups in total. The fraction of sp³-hybridized carbons (Fsp3) is 0.263. The van der Waals surface area contributed by atoms with Gasteiger partial charge in [0.1, 0.15) is 0 Å². The van der Waals surface area contributed by atoms with E-state index in [1.165, 1.54) is 16.7 Å². The minimum absolute atomic E-state index is 0.128. The van der Waals surface area contributed by atoms with E-state index in [-0.39, 0.29) is 21.2 Å². The maximum absolute atomic E-state index is 12.7. The van der Waals surface area contributed by atoms with Gasteiger partial charge in [-0.1, -0.05) is 55.9 Å². The number of carbonyl (C=O) groups excluding carboxylic acids is 1. The number of benzene rings is 2. The molecule has 0 unspecified atom stereocenters. The lowest BCUT2D eigenvalue weighted by Gasteiger charge is -2.16. The van der Waals surface area contributed by atoms with Crippen molar-refractivity contribution >= 4 is 38.5 Å². The summed E-state index contributed by atoms with van der Waals surface area (Å²) in [6, 6.07) is 15.7. The molecule has 26 heavy (non-hydrogen) atoms. The van der Waals surface area contributed by atoms with Crippen molar-refractivity contribution in [3.05, 3.63) is 60.2 Å². The highest BCUT2D eigenvalue weighted by Crippen LogP contribution is 2.34. The number of aryl methyl sites for hydroxylation is 1. The molecule has 5 nitrogen and oxygen atoms in total. The number of amidine groups is 1. The number of hydrogen-bond acceptors (Lipinski definition) is 4. The second kappa shape index (κ2) is 7.63. The Morgan fingerprint density at radius 2 is 1.69 bits per heavy atom. The van der Waals surface area contributed by atoms with Crippen LogP contribution in [0.1, 0.15) is 25.8 Å². The van der Waals surface area contributed by atoms with E-state index >= 15 is 0 Å². The third kappa shape index (κ3) is 3.68. The van der Waals surface area contributed by atoms with Crippen LogP contribution in [0.3, 0.4) is 0 Å². The molecular weight excluding hydrogens is 368 g/mol. The van der Waals surface area contributed by atoms with Crippen LogP contribution in [0.5, 0.6) is 0 Å². The number of sulfonamides is 1. The molecular formula is C19H20N2O3S2. The maximum Gasteiger partial charge on any atom is 0.284 e. The van der Waals surface area contributed by atoms with Gasteiger partial charge in [0.15, 0.2) is 5.17 Å². The summed E-state index contributed by atoms with van der Waals surface area (Å²) in [5, 5.41) is -0.126. The topological polar surface area (TPSA) is 66.8 Å². The fourth-order valence-electron chi connectivity index (χ4n) is 2.66. The Hall–Kier alpha value is -2.12. The van der Waals surface area contributed by atoms with E-state index in [1.54, 1.807) is 36.4 Å². The molecule has 1 heterocycles. The normalized spacial score (nSPS) is 19.3. The first-order chi connectivity index (χ1) is 12.5. The van der Waals surface area contributed by atoms with Gasteiger partial charge in [0.25, 0.3) is 10.0 Å². The van der Waals surface area contributed by atoms with Crippen molar-refractivity contribution < 1.29 is 13.2 Å². The second-order valence-corrected chi connectivity index (χ2v) is 8.64. The highest BCUT2D eigenvalue weighted by Gasteiger charge is 2.39. The van der Waals surface area contributed by atoms with Crippen LogP contribution >= 0.6 is 11.8 Å². The van der Waals surface area contributed by atoms with Crippen LogP contribution in [0.15, 0.2) is 63.9 Å². The molecule has 0 bridgehead atoms. The number of anilines is 1. The van der Waals surface area contributed by atoms with Crippen molar-refractivity contribution in [3.8, 4) is 0 Å². The lowest BCUT2D eigenvalue weighted by Crippen LogP contribution is -2.32. The third-order valence-corrected chi connectivity index (χ3v) is 6.85. The van der Waals surface area contributed by atoms with Crippen molar-refractivity contribution in [2.45, 2.75) is 36.8 Å². The predicted molar refractivity (Wildman–Crippen MR) is 106 cm³/mol. The maximum atomic E-state index is 12.7. The summed E-state index contributed by atoms with van der Waals surface area (Å²) in [7, 11) is -3.89. The summed E-state index contributed by atoms with van der Waals surface area (Å²) < 4.78 is 29.5. The smallest absolute Gasteiger partial charge is 0.273 e. The van der Waals surface area contributed by atoms with Crippen molar-refractivity contribution in [2.75, 3.05) is 4.90 Å². The molecule has 0 spiro atoms. The number of para-hydroxylation sites is 1. The van der Waals surface area contributed by atoms with Crippen LogP contribution in [0.4, 0.5) is 5.69 Å². The SMILES string of the molecule is CCc1ccc(S(=O)(=O)N=C2S[C@H](CC)C(=O)N2c2ccccc2)cc1. The second-order valence-electron chi connectivity index (χ2n) is 5.87. The van der Waals surface area contributed by atoms with E-state index in [2.05, 4.69) is 4.40 Å². The van der Waals surface area contributed by atoms with Gasteiger partial charge >= 0.3 is 0 Å². The Morgan fingerprint density at radius 1 is 1.04 bits per heavy atom. The molecule has 1 fully saturated rings. The number of amides is 1.